The summed E-state index contributed by atoms with van der Waals surface area (Å²) in [6.45, 7) is 7.95. The summed E-state index contributed by atoms with van der Waals surface area (Å²) in [7, 11) is 1.32. The van der Waals surface area contributed by atoms with E-state index < -0.39 is 10.8 Å². The van der Waals surface area contributed by atoms with Crippen molar-refractivity contribution >= 4 is 16.8 Å². The second-order valence-electron chi connectivity index (χ2n) is 7.00. The van der Waals surface area contributed by atoms with Gasteiger partial charge in [-0.3, -0.25) is 4.21 Å². The number of amides is 2. The summed E-state index contributed by atoms with van der Waals surface area (Å²) in [6.07, 6.45) is 5.31. The van der Waals surface area contributed by atoms with E-state index in [4.69, 9.17) is 0 Å². The standard InChI is InChI=1S/C17H33N3O2S/c1-4-19(3)12-14-10-11-20(13-14)17(21)18-15-8-6-7-9-16(15)23(22)5-2/h14-16H,4-13H2,1-3H3,(H,18,21)/t14-,15+,16-,23-/m0/s1. The number of likely N-dealkylation sites (tertiary alicyclic amines) is 1. The van der Waals surface area contributed by atoms with E-state index in [-0.39, 0.29) is 17.3 Å². The van der Waals surface area contributed by atoms with Gasteiger partial charge in [0.15, 0.2) is 0 Å². The Morgan fingerprint density at radius 1 is 1.26 bits per heavy atom. The molecule has 0 aromatic carbocycles. The van der Waals surface area contributed by atoms with Crippen LogP contribution >= 0.6 is 0 Å². The zero-order valence-electron chi connectivity index (χ0n) is 14.9. The quantitative estimate of drug-likeness (QED) is 0.803. The van der Waals surface area contributed by atoms with Crippen LogP contribution in [0.5, 0.6) is 0 Å². The molecule has 1 saturated heterocycles. The van der Waals surface area contributed by atoms with Crippen molar-refractivity contribution in [2.45, 2.75) is 57.2 Å². The van der Waals surface area contributed by atoms with E-state index in [1.807, 2.05) is 11.8 Å². The molecule has 1 aliphatic carbocycles. The van der Waals surface area contributed by atoms with E-state index in [1.165, 1.54) is 0 Å². The molecule has 134 valence electrons. The Morgan fingerprint density at radius 2 is 2.00 bits per heavy atom. The highest BCUT2D eigenvalue weighted by atomic mass is 32.2. The predicted molar refractivity (Wildman–Crippen MR) is 96.1 cm³/mol. The van der Waals surface area contributed by atoms with Gasteiger partial charge < -0.3 is 15.1 Å². The summed E-state index contributed by atoms with van der Waals surface area (Å²) in [6, 6.07) is 0.144. The molecule has 4 atom stereocenters. The Kier molecular flexibility index (Phi) is 7.34. The Morgan fingerprint density at radius 3 is 2.70 bits per heavy atom. The molecule has 2 fully saturated rings. The number of hydrogen-bond acceptors (Lipinski definition) is 3. The lowest BCUT2D eigenvalue weighted by Crippen LogP contribution is -2.51. The van der Waals surface area contributed by atoms with E-state index in [1.54, 1.807) is 0 Å². The van der Waals surface area contributed by atoms with Gasteiger partial charge in [0.2, 0.25) is 0 Å². The fourth-order valence-electron chi connectivity index (χ4n) is 3.78. The summed E-state index contributed by atoms with van der Waals surface area (Å²) in [5.74, 6) is 1.27. The minimum absolute atomic E-state index is 0.0525. The van der Waals surface area contributed by atoms with Gasteiger partial charge in [0.25, 0.3) is 0 Å². The van der Waals surface area contributed by atoms with Gasteiger partial charge >= 0.3 is 6.03 Å². The first-order valence-electron chi connectivity index (χ1n) is 9.16. The number of nitrogens with one attached hydrogen (secondary N) is 1. The average molecular weight is 344 g/mol. The third-order valence-corrected chi connectivity index (χ3v) is 7.13. The first-order chi connectivity index (χ1) is 11.0. The van der Waals surface area contributed by atoms with Crippen molar-refractivity contribution in [1.82, 2.24) is 15.1 Å². The molecule has 0 aromatic rings. The lowest BCUT2D eigenvalue weighted by Gasteiger charge is -2.32. The molecule has 0 unspecified atom stereocenters. The molecule has 2 amide bonds. The number of carbonyl (C=O) groups excluding carboxylic acids is 1. The summed E-state index contributed by atoms with van der Waals surface area (Å²) in [4.78, 5) is 16.8. The van der Waals surface area contributed by atoms with Crippen LogP contribution in [0.3, 0.4) is 0 Å². The molecule has 0 spiro atoms. The highest BCUT2D eigenvalue weighted by Gasteiger charge is 2.33. The zero-order chi connectivity index (χ0) is 16.8. The Hall–Kier alpha value is -0.620. The Balaban J connectivity index is 1.85. The fraction of sp³-hybridized carbons (Fsp3) is 0.941. The summed E-state index contributed by atoms with van der Waals surface area (Å²) in [5, 5.41) is 3.34. The van der Waals surface area contributed by atoms with Gasteiger partial charge in [-0.05, 0) is 38.8 Å². The van der Waals surface area contributed by atoms with E-state index >= 15 is 0 Å². The number of rotatable bonds is 6. The predicted octanol–water partition coefficient (Wildman–Crippen LogP) is 2.05. The van der Waals surface area contributed by atoms with Crippen molar-refractivity contribution < 1.29 is 9.00 Å². The van der Waals surface area contributed by atoms with Gasteiger partial charge in [-0.2, -0.15) is 0 Å². The molecule has 1 saturated carbocycles. The van der Waals surface area contributed by atoms with Crippen molar-refractivity contribution in [2.75, 3.05) is 39.0 Å². The molecule has 1 heterocycles. The lowest BCUT2D eigenvalue weighted by atomic mass is 9.95. The third-order valence-electron chi connectivity index (χ3n) is 5.32. The smallest absolute Gasteiger partial charge is 0.317 e. The first kappa shape index (κ1) is 18.7. The SMILES string of the molecule is CCN(C)C[C@@H]1CCN(C(=O)N[C@@H]2CCCC[C@@H]2[S@@](=O)CC)C1. The number of nitrogens with zero attached hydrogens (tertiary/aromatic N) is 2. The maximum Gasteiger partial charge on any atom is 0.317 e. The third kappa shape index (κ3) is 5.18. The van der Waals surface area contributed by atoms with Crippen molar-refractivity contribution in [3.8, 4) is 0 Å². The molecule has 2 aliphatic rings. The van der Waals surface area contributed by atoms with Crippen molar-refractivity contribution in [1.29, 1.82) is 0 Å². The number of carbonyl (C=O) groups is 1. The van der Waals surface area contributed by atoms with Crippen molar-refractivity contribution in [2.24, 2.45) is 5.92 Å². The lowest BCUT2D eigenvalue weighted by molar-refractivity contribution is 0.197. The molecule has 1 aliphatic heterocycles. The average Bonchev–Trinajstić information content (AvgIpc) is 3.03. The van der Waals surface area contributed by atoms with Gasteiger partial charge in [-0.15, -0.1) is 0 Å². The summed E-state index contributed by atoms with van der Waals surface area (Å²) >= 11 is 0. The maximum atomic E-state index is 12.6. The van der Waals surface area contributed by atoms with Crippen LogP contribution in [0.2, 0.25) is 0 Å². The molecule has 0 bridgehead atoms. The van der Waals surface area contributed by atoms with Crippen LogP contribution in [0.25, 0.3) is 0 Å². The first-order valence-corrected chi connectivity index (χ1v) is 10.5. The van der Waals surface area contributed by atoms with Crippen LogP contribution in [0.15, 0.2) is 0 Å². The Labute approximate surface area is 143 Å². The van der Waals surface area contributed by atoms with E-state index in [2.05, 4.69) is 24.2 Å². The molecule has 1 N–H and O–H groups in total. The van der Waals surface area contributed by atoms with Crippen LogP contribution < -0.4 is 5.32 Å². The van der Waals surface area contributed by atoms with Crippen LogP contribution in [-0.4, -0.2) is 70.3 Å². The molecule has 2 rings (SSSR count). The monoisotopic (exact) mass is 343 g/mol. The van der Waals surface area contributed by atoms with E-state index in [9.17, 15) is 9.00 Å². The van der Waals surface area contributed by atoms with Gasteiger partial charge in [-0.25, -0.2) is 4.79 Å². The van der Waals surface area contributed by atoms with Crippen molar-refractivity contribution in [3.63, 3.8) is 0 Å². The van der Waals surface area contributed by atoms with Crippen LogP contribution in [0.4, 0.5) is 4.79 Å². The number of hydrogen-bond donors (Lipinski definition) is 1. The molecule has 0 aromatic heterocycles. The molecular formula is C17H33N3O2S. The summed E-state index contributed by atoms with van der Waals surface area (Å²) in [5.41, 5.74) is 0. The molecular weight excluding hydrogens is 310 g/mol. The highest BCUT2D eigenvalue weighted by Crippen LogP contribution is 2.24. The second kappa shape index (κ2) is 9.02. The molecule has 6 heteroatoms. The molecule has 23 heavy (non-hydrogen) atoms. The van der Waals surface area contributed by atoms with Crippen LogP contribution in [0.1, 0.15) is 46.0 Å². The normalized spacial score (nSPS) is 29.7. The largest absolute Gasteiger partial charge is 0.334 e. The van der Waals surface area contributed by atoms with Gasteiger partial charge in [0, 0.05) is 42.2 Å². The molecule has 5 nitrogen and oxygen atoms in total. The Bertz CT molecular complexity index is 419. The molecule has 0 radical (unpaired) electrons. The highest BCUT2D eigenvalue weighted by molar-refractivity contribution is 7.85. The minimum Gasteiger partial charge on any atom is -0.334 e. The van der Waals surface area contributed by atoms with Gasteiger partial charge in [0.1, 0.15) is 0 Å². The van der Waals surface area contributed by atoms with Crippen molar-refractivity contribution in [3.05, 3.63) is 0 Å². The second-order valence-corrected chi connectivity index (χ2v) is 8.95. The zero-order valence-corrected chi connectivity index (χ0v) is 15.7. The van der Waals surface area contributed by atoms with Gasteiger partial charge in [0.05, 0.1) is 5.25 Å². The van der Waals surface area contributed by atoms with Crippen LogP contribution in [-0.2, 0) is 10.8 Å². The minimum atomic E-state index is -0.817. The summed E-state index contributed by atoms with van der Waals surface area (Å²) < 4.78 is 12.2. The fourth-order valence-corrected chi connectivity index (χ4v) is 5.20. The number of urea groups is 1. The topological polar surface area (TPSA) is 52.6 Å². The van der Waals surface area contributed by atoms with E-state index in [0.717, 1.165) is 58.3 Å². The van der Waals surface area contributed by atoms with E-state index in [0.29, 0.717) is 11.7 Å². The van der Waals surface area contributed by atoms with Crippen LogP contribution in [0, 0.1) is 5.92 Å². The maximum absolute atomic E-state index is 12.6. The van der Waals surface area contributed by atoms with Gasteiger partial charge in [-0.1, -0.05) is 26.7 Å².